The molecule has 0 fully saturated rings. The molecule has 0 rings (SSSR count). The highest BCUT2D eigenvalue weighted by Crippen LogP contribution is 2.17. The molecule has 14 heavy (non-hydrogen) atoms. The Balaban J connectivity index is 3.90. The molecule has 2 nitrogen and oxygen atoms in total. The summed E-state index contributed by atoms with van der Waals surface area (Å²) < 4.78 is 23.1. The maximum atomic E-state index is 11.1. The monoisotopic (exact) mass is 346 g/mol. The first-order valence-electron chi connectivity index (χ1n) is 4.66. The largest absolute Gasteiger partial charge is 0.223 e. The second-order valence-electron chi connectivity index (χ2n) is 3.15. The first kappa shape index (κ1) is 14.6. The summed E-state index contributed by atoms with van der Waals surface area (Å²) in [6.45, 7) is 2.15. The topological polar surface area (TPSA) is 34.1 Å². The molecule has 5 heteroatoms. The fraction of sp³-hybridized carbons (Fsp3) is 0.778. The Morgan fingerprint density at radius 2 is 1.93 bits per heavy atom. The van der Waals surface area contributed by atoms with Crippen LogP contribution in [0.5, 0.6) is 0 Å². The summed E-state index contributed by atoms with van der Waals surface area (Å²) in [5.74, 6) is 0. The highest BCUT2D eigenvalue weighted by molar-refractivity contribution is 9.12. The number of alkyl halides is 1. The van der Waals surface area contributed by atoms with Crippen LogP contribution in [0.15, 0.2) is 9.89 Å². The van der Waals surface area contributed by atoms with Crippen LogP contribution in [-0.2, 0) is 9.84 Å². The van der Waals surface area contributed by atoms with Crippen molar-refractivity contribution in [2.45, 2.75) is 39.0 Å². The van der Waals surface area contributed by atoms with Crippen LogP contribution in [0.1, 0.15) is 39.0 Å². The van der Waals surface area contributed by atoms with Gasteiger partial charge in [0.15, 0.2) is 9.84 Å². The van der Waals surface area contributed by atoms with Crippen molar-refractivity contribution in [2.24, 2.45) is 0 Å². The van der Waals surface area contributed by atoms with Crippen molar-refractivity contribution in [1.29, 1.82) is 0 Å². The third kappa shape index (κ3) is 8.00. The molecule has 0 N–H and O–H groups in total. The number of rotatable bonds is 7. The Morgan fingerprint density at radius 3 is 2.43 bits per heavy atom. The zero-order valence-corrected chi connectivity index (χ0v) is 12.3. The van der Waals surface area contributed by atoms with E-state index in [0.717, 1.165) is 23.7 Å². The molecule has 0 unspecified atom stereocenters. The molecule has 0 aliphatic heterocycles. The molecule has 0 aromatic carbocycles. The fourth-order valence-electron chi connectivity index (χ4n) is 1.01. The van der Waals surface area contributed by atoms with E-state index in [9.17, 15) is 8.42 Å². The molecular formula is C9H16Br2O2S. The van der Waals surface area contributed by atoms with Crippen LogP contribution in [0.4, 0.5) is 0 Å². The van der Waals surface area contributed by atoms with Crippen molar-refractivity contribution in [2.75, 3.05) is 4.66 Å². The third-order valence-electron chi connectivity index (χ3n) is 1.73. The lowest BCUT2D eigenvalue weighted by Gasteiger charge is -1.99. The third-order valence-corrected chi connectivity index (χ3v) is 5.52. The number of allylic oxidation sites excluding steroid dienone is 1. The Bertz CT molecular complexity index is 271. The molecule has 0 aliphatic rings. The summed E-state index contributed by atoms with van der Waals surface area (Å²) in [6, 6.07) is 0. The maximum absolute atomic E-state index is 11.1. The molecule has 0 radical (unpaired) electrons. The number of halogens is 2. The summed E-state index contributed by atoms with van der Waals surface area (Å²) in [6.07, 6.45) is 5.43. The van der Waals surface area contributed by atoms with Gasteiger partial charge in [0.1, 0.15) is 4.66 Å². The van der Waals surface area contributed by atoms with E-state index >= 15 is 0 Å². The molecule has 0 heterocycles. The number of unbranched alkanes of at least 4 members (excludes halogenated alkanes) is 3. The highest BCUT2D eigenvalue weighted by atomic mass is 79.9. The van der Waals surface area contributed by atoms with Gasteiger partial charge in [0.2, 0.25) is 0 Å². The van der Waals surface area contributed by atoms with Crippen LogP contribution in [0.3, 0.4) is 0 Å². The van der Waals surface area contributed by atoms with Crippen molar-refractivity contribution in [3.63, 3.8) is 0 Å². The lowest BCUT2D eigenvalue weighted by Crippen LogP contribution is -1.95. The van der Waals surface area contributed by atoms with E-state index in [1.165, 1.54) is 18.2 Å². The standard InChI is InChI=1S/C9H16Br2O2S/c1-2-3-4-5-6-9(11)7-14(12,13)8-10/h7H,2-6,8H2,1H3/b9-7-. The summed E-state index contributed by atoms with van der Waals surface area (Å²) in [5, 5.41) is 1.30. The number of hydrogen-bond acceptors (Lipinski definition) is 2. The predicted molar refractivity (Wildman–Crippen MR) is 68.5 cm³/mol. The Labute approximate surface area is 103 Å². The minimum Gasteiger partial charge on any atom is -0.223 e. The second kappa shape index (κ2) is 7.88. The summed E-state index contributed by atoms with van der Waals surface area (Å²) in [7, 11) is -3.05. The fourth-order valence-corrected chi connectivity index (χ4v) is 3.11. The van der Waals surface area contributed by atoms with Gasteiger partial charge in [-0.15, -0.1) is 0 Å². The summed E-state index contributed by atoms with van der Waals surface area (Å²) >= 11 is 6.21. The predicted octanol–water partition coefficient (Wildman–Crippen LogP) is 3.96. The van der Waals surface area contributed by atoms with Gasteiger partial charge in [0.05, 0.1) is 0 Å². The molecular weight excluding hydrogens is 332 g/mol. The Morgan fingerprint density at radius 1 is 1.29 bits per heavy atom. The minimum atomic E-state index is -3.05. The molecule has 0 spiro atoms. The molecule has 0 atom stereocenters. The molecule has 0 aromatic heterocycles. The van der Waals surface area contributed by atoms with E-state index < -0.39 is 9.84 Å². The lowest BCUT2D eigenvalue weighted by atomic mass is 10.2. The van der Waals surface area contributed by atoms with Gasteiger partial charge in [-0.3, -0.25) is 0 Å². The Hall–Kier alpha value is 0.650. The van der Waals surface area contributed by atoms with Crippen LogP contribution >= 0.6 is 31.9 Å². The average Bonchev–Trinajstić information content (AvgIpc) is 2.12. The molecule has 0 saturated carbocycles. The van der Waals surface area contributed by atoms with Crippen LogP contribution < -0.4 is 0 Å². The van der Waals surface area contributed by atoms with E-state index in [4.69, 9.17) is 0 Å². The first-order valence-corrected chi connectivity index (χ1v) is 8.29. The van der Waals surface area contributed by atoms with Gasteiger partial charge in [-0.05, 0) is 12.8 Å². The number of sulfone groups is 1. The first-order chi connectivity index (χ1) is 6.52. The average molecular weight is 348 g/mol. The van der Waals surface area contributed by atoms with Crippen LogP contribution in [0.25, 0.3) is 0 Å². The Kier molecular flexibility index (Phi) is 8.25. The van der Waals surface area contributed by atoms with Gasteiger partial charge in [-0.2, -0.15) is 0 Å². The van der Waals surface area contributed by atoms with E-state index in [2.05, 4.69) is 38.8 Å². The van der Waals surface area contributed by atoms with Crippen molar-refractivity contribution >= 4 is 41.7 Å². The van der Waals surface area contributed by atoms with Gasteiger partial charge in [0, 0.05) is 9.89 Å². The smallest absolute Gasteiger partial charge is 0.182 e. The van der Waals surface area contributed by atoms with Gasteiger partial charge in [-0.1, -0.05) is 58.0 Å². The van der Waals surface area contributed by atoms with Gasteiger partial charge < -0.3 is 0 Å². The van der Waals surface area contributed by atoms with E-state index in [1.54, 1.807) is 0 Å². The second-order valence-corrected chi connectivity index (χ2v) is 7.32. The van der Waals surface area contributed by atoms with Crippen molar-refractivity contribution in [3.05, 3.63) is 9.89 Å². The maximum Gasteiger partial charge on any atom is 0.182 e. The molecule has 0 aliphatic carbocycles. The molecule has 84 valence electrons. The lowest BCUT2D eigenvalue weighted by molar-refractivity contribution is 0.609. The van der Waals surface area contributed by atoms with Crippen LogP contribution in [0, 0.1) is 0 Å². The zero-order valence-electron chi connectivity index (χ0n) is 8.30. The molecule has 0 bridgehead atoms. The number of hydrogen-bond donors (Lipinski definition) is 0. The van der Waals surface area contributed by atoms with E-state index in [-0.39, 0.29) is 4.66 Å². The molecule has 0 aromatic rings. The molecule has 0 amide bonds. The van der Waals surface area contributed by atoms with Crippen molar-refractivity contribution < 1.29 is 8.42 Å². The van der Waals surface area contributed by atoms with Gasteiger partial charge >= 0.3 is 0 Å². The SMILES string of the molecule is CCCCCC/C(Br)=C/S(=O)(=O)CBr. The minimum absolute atomic E-state index is 0.00986. The summed E-state index contributed by atoms with van der Waals surface area (Å²) in [5.41, 5.74) is 0. The van der Waals surface area contributed by atoms with Crippen molar-refractivity contribution in [3.8, 4) is 0 Å². The zero-order chi connectivity index (χ0) is 11.0. The highest BCUT2D eigenvalue weighted by Gasteiger charge is 2.05. The van der Waals surface area contributed by atoms with E-state index in [0.29, 0.717) is 0 Å². The van der Waals surface area contributed by atoms with Crippen LogP contribution in [-0.4, -0.2) is 13.1 Å². The normalized spacial score (nSPS) is 13.2. The van der Waals surface area contributed by atoms with Crippen LogP contribution in [0.2, 0.25) is 0 Å². The van der Waals surface area contributed by atoms with Crippen molar-refractivity contribution in [1.82, 2.24) is 0 Å². The van der Waals surface area contributed by atoms with Gasteiger partial charge in [0.25, 0.3) is 0 Å². The van der Waals surface area contributed by atoms with Gasteiger partial charge in [-0.25, -0.2) is 8.42 Å². The molecule has 0 saturated heterocycles. The quantitative estimate of drug-likeness (QED) is 0.516. The van der Waals surface area contributed by atoms with E-state index in [1.807, 2.05) is 0 Å². The summed E-state index contributed by atoms with van der Waals surface area (Å²) in [4.78, 5) is 0.